The zero-order valence-corrected chi connectivity index (χ0v) is 8.88. The van der Waals surface area contributed by atoms with Crippen LogP contribution < -0.4 is 0 Å². The van der Waals surface area contributed by atoms with E-state index >= 15 is 0 Å². The second-order valence-electron chi connectivity index (χ2n) is 3.81. The van der Waals surface area contributed by atoms with Gasteiger partial charge in [0.2, 0.25) is 0 Å². The molecule has 0 saturated heterocycles. The van der Waals surface area contributed by atoms with E-state index in [2.05, 4.69) is 50.3 Å². The molecule has 0 amide bonds. The smallest absolute Gasteiger partial charge is 0.0192 e. The Kier molecular flexibility index (Phi) is 2.53. The summed E-state index contributed by atoms with van der Waals surface area (Å²) in [6, 6.07) is 8.73. The van der Waals surface area contributed by atoms with Crippen molar-refractivity contribution in [3.05, 3.63) is 53.1 Å². The van der Waals surface area contributed by atoms with Crippen molar-refractivity contribution >= 4 is 5.57 Å². The average molecular weight is 184 g/mol. The van der Waals surface area contributed by atoms with Gasteiger partial charge in [-0.05, 0) is 49.0 Å². The Morgan fingerprint density at radius 2 is 1.93 bits per heavy atom. The number of rotatable bonds is 1. The van der Waals surface area contributed by atoms with Crippen molar-refractivity contribution in [2.75, 3.05) is 0 Å². The third-order valence-corrected chi connectivity index (χ3v) is 2.93. The Morgan fingerprint density at radius 3 is 2.71 bits per heavy atom. The molecule has 1 aliphatic rings. The lowest BCUT2D eigenvalue weighted by atomic mass is 9.86. The Hall–Kier alpha value is -1.30. The van der Waals surface area contributed by atoms with E-state index in [1.54, 1.807) is 0 Å². The number of hydrogen-bond acceptors (Lipinski definition) is 0. The van der Waals surface area contributed by atoms with Crippen LogP contribution in [0.15, 0.2) is 42.0 Å². The molecule has 0 aromatic heterocycles. The fourth-order valence-corrected chi connectivity index (χ4v) is 2.14. The second kappa shape index (κ2) is 3.83. The normalized spacial score (nSPS) is 16.1. The van der Waals surface area contributed by atoms with Gasteiger partial charge in [-0.1, -0.05) is 36.4 Å². The Morgan fingerprint density at radius 1 is 1.14 bits per heavy atom. The van der Waals surface area contributed by atoms with E-state index in [-0.39, 0.29) is 0 Å². The van der Waals surface area contributed by atoms with Crippen LogP contribution in [0.4, 0.5) is 0 Å². The number of allylic oxidation sites excluding steroid dienone is 4. The van der Waals surface area contributed by atoms with Crippen LogP contribution in [0.5, 0.6) is 0 Å². The lowest BCUT2D eigenvalue weighted by molar-refractivity contribution is 0.938. The van der Waals surface area contributed by atoms with E-state index in [1.807, 2.05) is 0 Å². The minimum absolute atomic E-state index is 1.19. The zero-order valence-electron chi connectivity index (χ0n) is 8.88. The number of fused-ring (bicyclic) bond motifs is 1. The maximum absolute atomic E-state index is 2.24. The lowest BCUT2D eigenvalue weighted by Crippen LogP contribution is -2.01. The molecule has 0 heterocycles. The predicted molar refractivity (Wildman–Crippen MR) is 62.2 cm³/mol. The zero-order chi connectivity index (χ0) is 9.97. The van der Waals surface area contributed by atoms with E-state index in [0.717, 1.165) is 0 Å². The summed E-state index contributed by atoms with van der Waals surface area (Å²) in [4.78, 5) is 0. The molecule has 0 fully saturated rings. The predicted octanol–water partition coefficient (Wildman–Crippen LogP) is 3.98. The SMILES string of the molecule is CC=CC1=C(C)c2ccccc2CC1. The summed E-state index contributed by atoms with van der Waals surface area (Å²) in [5.74, 6) is 0. The lowest BCUT2D eigenvalue weighted by Gasteiger charge is -2.19. The molecule has 2 rings (SSSR count). The molecule has 72 valence electrons. The molecule has 0 aliphatic heterocycles. The van der Waals surface area contributed by atoms with Crippen LogP contribution >= 0.6 is 0 Å². The van der Waals surface area contributed by atoms with Crippen LogP contribution in [-0.4, -0.2) is 0 Å². The van der Waals surface area contributed by atoms with Gasteiger partial charge < -0.3 is 0 Å². The molecule has 0 heteroatoms. The maximum Gasteiger partial charge on any atom is -0.0192 e. The summed E-state index contributed by atoms with van der Waals surface area (Å²) >= 11 is 0. The van der Waals surface area contributed by atoms with E-state index in [9.17, 15) is 0 Å². The molecule has 0 spiro atoms. The number of hydrogen-bond donors (Lipinski definition) is 0. The highest BCUT2D eigenvalue weighted by Gasteiger charge is 2.12. The fourth-order valence-electron chi connectivity index (χ4n) is 2.14. The Labute approximate surface area is 86.0 Å². The first-order chi connectivity index (χ1) is 6.83. The third-order valence-electron chi connectivity index (χ3n) is 2.93. The van der Waals surface area contributed by atoms with E-state index < -0.39 is 0 Å². The van der Waals surface area contributed by atoms with Gasteiger partial charge in [0, 0.05) is 0 Å². The molecule has 1 aliphatic carbocycles. The van der Waals surface area contributed by atoms with Gasteiger partial charge in [0.15, 0.2) is 0 Å². The average Bonchev–Trinajstić information content (AvgIpc) is 2.23. The maximum atomic E-state index is 2.24. The van der Waals surface area contributed by atoms with Crippen molar-refractivity contribution in [3.63, 3.8) is 0 Å². The van der Waals surface area contributed by atoms with Gasteiger partial charge in [0.1, 0.15) is 0 Å². The highest BCUT2D eigenvalue weighted by molar-refractivity contribution is 5.73. The van der Waals surface area contributed by atoms with Crippen molar-refractivity contribution in [3.8, 4) is 0 Å². The fraction of sp³-hybridized carbons (Fsp3) is 0.286. The van der Waals surface area contributed by atoms with Crippen LogP contribution in [0.2, 0.25) is 0 Å². The van der Waals surface area contributed by atoms with Crippen LogP contribution in [0, 0.1) is 0 Å². The molecular weight excluding hydrogens is 168 g/mol. The van der Waals surface area contributed by atoms with Gasteiger partial charge in [0.25, 0.3) is 0 Å². The molecular formula is C14H16. The Balaban J connectivity index is 2.51. The summed E-state index contributed by atoms with van der Waals surface area (Å²) in [7, 11) is 0. The first kappa shape index (κ1) is 9.26. The van der Waals surface area contributed by atoms with Crippen LogP contribution in [0.25, 0.3) is 5.57 Å². The number of aryl methyl sites for hydroxylation is 1. The van der Waals surface area contributed by atoms with Crippen molar-refractivity contribution in [1.82, 2.24) is 0 Å². The van der Waals surface area contributed by atoms with Crippen molar-refractivity contribution in [1.29, 1.82) is 0 Å². The standard InChI is InChI=1S/C14H16/c1-3-6-12-9-10-13-7-4-5-8-14(13)11(12)2/h3-8H,9-10H2,1-2H3. The summed E-state index contributed by atoms with van der Waals surface area (Å²) in [6.45, 7) is 4.31. The third kappa shape index (κ3) is 1.52. The molecule has 0 bridgehead atoms. The molecule has 0 N–H and O–H groups in total. The van der Waals surface area contributed by atoms with Gasteiger partial charge in [-0.3, -0.25) is 0 Å². The largest absolute Gasteiger partial charge is 0.0874 e. The monoisotopic (exact) mass is 184 g/mol. The van der Waals surface area contributed by atoms with Crippen LogP contribution in [-0.2, 0) is 6.42 Å². The first-order valence-electron chi connectivity index (χ1n) is 5.23. The van der Waals surface area contributed by atoms with E-state index in [4.69, 9.17) is 0 Å². The molecule has 1 aromatic rings. The van der Waals surface area contributed by atoms with Crippen LogP contribution in [0.1, 0.15) is 31.4 Å². The topological polar surface area (TPSA) is 0 Å². The molecule has 0 saturated carbocycles. The second-order valence-corrected chi connectivity index (χ2v) is 3.81. The molecule has 14 heavy (non-hydrogen) atoms. The van der Waals surface area contributed by atoms with Gasteiger partial charge in [-0.25, -0.2) is 0 Å². The van der Waals surface area contributed by atoms with Crippen LogP contribution in [0.3, 0.4) is 0 Å². The van der Waals surface area contributed by atoms with E-state index in [1.165, 1.54) is 35.1 Å². The highest BCUT2D eigenvalue weighted by Crippen LogP contribution is 2.31. The minimum Gasteiger partial charge on any atom is -0.0874 e. The van der Waals surface area contributed by atoms with Gasteiger partial charge in [-0.15, -0.1) is 0 Å². The molecule has 0 unspecified atom stereocenters. The first-order valence-corrected chi connectivity index (χ1v) is 5.23. The molecule has 1 aromatic carbocycles. The quantitative estimate of drug-likeness (QED) is 0.619. The van der Waals surface area contributed by atoms with Crippen molar-refractivity contribution in [2.45, 2.75) is 26.7 Å². The number of benzene rings is 1. The minimum atomic E-state index is 1.19. The van der Waals surface area contributed by atoms with Gasteiger partial charge >= 0.3 is 0 Å². The highest BCUT2D eigenvalue weighted by atomic mass is 14.2. The van der Waals surface area contributed by atoms with Crippen molar-refractivity contribution in [2.24, 2.45) is 0 Å². The summed E-state index contributed by atoms with van der Waals surface area (Å²) < 4.78 is 0. The van der Waals surface area contributed by atoms with Gasteiger partial charge in [-0.2, -0.15) is 0 Å². The van der Waals surface area contributed by atoms with E-state index in [0.29, 0.717) is 0 Å². The Bertz CT molecular complexity index is 394. The van der Waals surface area contributed by atoms with Gasteiger partial charge in [0.05, 0.1) is 0 Å². The molecule has 0 radical (unpaired) electrons. The summed E-state index contributed by atoms with van der Waals surface area (Å²) in [5, 5.41) is 0. The molecule has 0 atom stereocenters. The molecule has 0 nitrogen and oxygen atoms in total. The van der Waals surface area contributed by atoms with Crippen molar-refractivity contribution < 1.29 is 0 Å². The summed E-state index contributed by atoms with van der Waals surface area (Å²) in [5.41, 5.74) is 5.88. The summed E-state index contributed by atoms with van der Waals surface area (Å²) in [6.07, 6.45) is 6.75.